The summed E-state index contributed by atoms with van der Waals surface area (Å²) in [4.78, 5) is 11.2. The molecule has 0 bridgehead atoms. The zero-order valence-corrected chi connectivity index (χ0v) is 12.3. The Balaban J connectivity index is 2.46. The van der Waals surface area contributed by atoms with Gasteiger partial charge in [-0.15, -0.1) is 0 Å². The number of carboxylic acids is 1. The van der Waals surface area contributed by atoms with Gasteiger partial charge in [0.2, 0.25) is 0 Å². The van der Waals surface area contributed by atoms with Gasteiger partial charge in [-0.05, 0) is 42.8 Å². The van der Waals surface area contributed by atoms with Crippen LogP contribution < -0.4 is 4.74 Å². The van der Waals surface area contributed by atoms with Crippen LogP contribution in [0.25, 0.3) is 0 Å². The lowest BCUT2D eigenvalue weighted by Crippen LogP contribution is -2.01. The van der Waals surface area contributed by atoms with Crippen LogP contribution in [0.1, 0.15) is 15.9 Å². The van der Waals surface area contributed by atoms with Gasteiger partial charge in [0.25, 0.3) is 0 Å². The lowest BCUT2D eigenvalue weighted by Gasteiger charge is -2.12. The molecule has 0 aromatic heterocycles. The van der Waals surface area contributed by atoms with Gasteiger partial charge in [0, 0.05) is 4.47 Å². The lowest BCUT2D eigenvalue weighted by atomic mass is 10.2. The van der Waals surface area contributed by atoms with E-state index < -0.39 is 5.97 Å². The highest BCUT2D eigenvalue weighted by atomic mass is 79.9. The van der Waals surface area contributed by atoms with E-state index in [1.165, 1.54) is 6.07 Å². The number of rotatable bonds is 3. The molecular formula is C14H10BrClO3. The van der Waals surface area contributed by atoms with Gasteiger partial charge in [-0.25, -0.2) is 4.79 Å². The van der Waals surface area contributed by atoms with Crippen LogP contribution in [0, 0.1) is 6.92 Å². The molecule has 2 aromatic rings. The van der Waals surface area contributed by atoms with Crippen LogP contribution in [0.2, 0.25) is 5.02 Å². The first-order valence-electron chi connectivity index (χ1n) is 5.45. The molecule has 5 heteroatoms. The minimum Gasteiger partial charge on any atom is -0.478 e. The van der Waals surface area contributed by atoms with E-state index >= 15 is 0 Å². The normalized spacial score (nSPS) is 10.3. The standard InChI is InChI=1S/C14H10BrClO3/c1-8-7-9(15)5-6-12(8)19-13-10(14(17)18)3-2-4-11(13)16/h2-7H,1H3,(H,17,18). The predicted octanol–water partition coefficient (Wildman–Crippen LogP) is 4.90. The molecule has 0 saturated carbocycles. The Hall–Kier alpha value is -1.52. The maximum absolute atomic E-state index is 11.2. The van der Waals surface area contributed by atoms with Crippen molar-refractivity contribution < 1.29 is 14.6 Å². The van der Waals surface area contributed by atoms with Crippen LogP contribution in [-0.2, 0) is 0 Å². The molecule has 0 heterocycles. The second-order valence-electron chi connectivity index (χ2n) is 3.93. The second-order valence-corrected chi connectivity index (χ2v) is 5.26. The smallest absolute Gasteiger partial charge is 0.339 e. The molecule has 2 rings (SSSR count). The number of ether oxygens (including phenoxy) is 1. The average Bonchev–Trinajstić information content (AvgIpc) is 2.34. The highest BCUT2D eigenvalue weighted by molar-refractivity contribution is 9.10. The number of hydrogen-bond acceptors (Lipinski definition) is 2. The SMILES string of the molecule is Cc1cc(Br)ccc1Oc1c(Cl)cccc1C(=O)O. The molecule has 0 aliphatic rings. The van der Waals surface area contributed by atoms with Gasteiger partial charge in [0.15, 0.2) is 5.75 Å². The molecule has 0 saturated heterocycles. The molecule has 2 aromatic carbocycles. The van der Waals surface area contributed by atoms with Gasteiger partial charge in [-0.2, -0.15) is 0 Å². The number of benzene rings is 2. The summed E-state index contributed by atoms with van der Waals surface area (Å²) in [7, 11) is 0. The maximum Gasteiger partial charge on any atom is 0.339 e. The van der Waals surface area contributed by atoms with Crippen LogP contribution in [0.3, 0.4) is 0 Å². The lowest BCUT2D eigenvalue weighted by molar-refractivity contribution is 0.0694. The van der Waals surface area contributed by atoms with Gasteiger partial charge in [0.05, 0.1) is 5.02 Å². The minimum atomic E-state index is -1.08. The van der Waals surface area contributed by atoms with E-state index in [9.17, 15) is 4.79 Å². The Bertz CT molecular complexity index is 641. The number of aryl methyl sites for hydroxylation is 1. The Morgan fingerprint density at radius 3 is 2.68 bits per heavy atom. The third kappa shape index (κ3) is 3.08. The average molecular weight is 342 g/mol. The van der Waals surface area contributed by atoms with E-state index in [4.69, 9.17) is 21.4 Å². The van der Waals surface area contributed by atoms with Gasteiger partial charge in [0.1, 0.15) is 11.3 Å². The molecule has 0 unspecified atom stereocenters. The fourth-order valence-electron chi connectivity index (χ4n) is 1.62. The molecule has 0 radical (unpaired) electrons. The molecule has 0 aliphatic carbocycles. The predicted molar refractivity (Wildman–Crippen MR) is 77.4 cm³/mol. The van der Waals surface area contributed by atoms with Crippen molar-refractivity contribution >= 4 is 33.5 Å². The number of aromatic carboxylic acids is 1. The van der Waals surface area contributed by atoms with Crippen molar-refractivity contribution in [2.75, 3.05) is 0 Å². The number of hydrogen-bond donors (Lipinski definition) is 1. The summed E-state index contributed by atoms with van der Waals surface area (Å²) >= 11 is 9.37. The van der Waals surface area contributed by atoms with Gasteiger partial charge >= 0.3 is 5.97 Å². The summed E-state index contributed by atoms with van der Waals surface area (Å²) in [5.41, 5.74) is 0.917. The van der Waals surface area contributed by atoms with E-state index in [2.05, 4.69) is 15.9 Å². The minimum absolute atomic E-state index is 0.0369. The Morgan fingerprint density at radius 1 is 1.32 bits per heavy atom. The fraction of sp³-hybridized carbons (Fsp3) is 0.0714. The zero-order chi connectivity index (χ0) is 14.0. The van der Waals surface area contributed by atoms with Crippen LogP contribution in [0.15, 0.2) is 40.9 Å². The van der Waals surface area contributed by atoms with E-state index in [1.807, 2.05) is 19.1 Å². The first-order chi connectivity index (χ1) is 8.99. The van der Waals surface area contributed by atoms with Crippen molar-refractivity contribution in [3.05, 3.63) is 57.0 Å². The number of para-hydroxylation sites is 1. The Morgan fingerprint density at radius 2 is 2.05 bits per heavy atom. The summed E-state index contributed by atoms with van der Waals surface area (Å²) < 4.78 is 6.58. The number of carbonyl (C=O) groups is 1. The number of halogens is 2. The van der Waals surface area contributed by atoms with Gasteiger partial charge in [-0.1, -0.05) is 33.6 Å². The molecule has 98 valence electrons. The summed E-state index contributed by atoms with van der Waals surface area (Å²) in [5, 5.41) is 9.40. The molecule has 0 spiro atoms. The van der Waals surface area contributed by atoms with Crippen LogP contribution in [0.5, 0.6) is 11.5 Å². The molecule has 3 nitrogen and oxygen atoms in total. The molecule has 1 N–H and O–H groups in total. The quantitative estimate of drug-likeness (QED) is 0.863. The second kappa shape index (κ2) is 5.63. The van der Waals surface area contributed by atoms with Crippen molar-refractivity contribution in [1.82, 2.24) is 0 Å². The fourth-order valence-corrected chi connectivity index (χ4v) is 2.31. The molecule has 0 fully saturated rings. The summed E-state index contributed by atoms with van der Waals surface area (Å²) in [6, 6.07) is 10.1. The van der Waals surface area contributed by atoms with Crippen LogP contribution in [0.4, 0.5) is 0 Å². The van der Waals surface area contributed by atoms with Crippen molar-refractivity contribution in [2.24, 2.45) is 0 Å². The molecule has 0 amide bonds. The zero-order valence-electron chi connectivity index (χ0n) is 9.98. The van der Waals surface area contributed by atoms with Gasteiger partial charge < -0.3 is 9.84 Å². The van der Waals surface area contributed by atoms with E-state index in [0.717, 1.165) is 10.0 Å². The van der Waals surface area contributed by atoms with Crippen LogP contribution >= 0.6 is 27.5 Å². The first-order valence-corrected chi connectivity index (χ1v) is 6.62. The topological polar surface area (TPSA) is 46.5 Å². The van der Waals surface area contributed by atoms with Crippen molar-refractivity contribution in [2.45, 2.75) is 6.92 Å². The highest BCUT2D eigenvalue weighted by Gasteiger charge is 2.16. The summed E-state index contributed by atoms with van der Waals surface area (Å²) in [5.74, 6) is -0.354. The van der Waals surface area contributed by atoms with Crippen molar-refractivity contribution in [3.63, 3.8) is 0 Å². The maximum atomic E-state index is 11.2. The molecular weight excluding hydrogens is 332 g/mol. The summed E-state index contributed by atoms with van der Waals surface area (Å²) in [6.07, 6.45) is 0. The Kier molecular flexibility index (Phi) is 4.12. The number of carboxylic acid groups (broad SMARTS) is 1. The Labute approximate surface area is 123 Å². The monoisotopic (exact) mass is 340 g/mol. The van der Waals surface area contributed by atoms with E-state index in [1.54, 1.807) is 18.2 Å². The molecule has 0 aliphatic heterocycles. The molecule has 19 heavy (non-hydrogen) atoms. The van der Waals surface area contributed by atoms with Crippen LogP contribution in [-0.4, -0.2) is 11.1 Å². The molecule has 0 atom stereocenters. The third-order valence-electron chi connectivity index (χ3n) is 2.55. The third-order valence-corrected chi connectivity index (χ3v) is 3.34. The van der Waals surface area contributed by atoms with E-state index in [-0.39, 0.29) is 16.3 Å². The highest BCUT2D eigenvalue weighted by Crippen LogP contribution is 2.35. The van der Waals surface area contributed by atoms with Gasteiger partial charge in [-0.3, -0.25) is 0 Å². The first kappa shape index (κ1) is 13.9. The largest absolute Gasteiger partial charge is 0.478 e. The summed E-state index contributed by atoms with van der Waals surface area (Å²) in [6.45, 7) is 1.87. The van der Waals surface area contributed by atoms with Crippen molar-refractivity contribution in [1.29, 1.82) is 0 Å². The van der Waals surface area contributed by atoms with E-state index in [0.29, 0.717) is 5.75 Å². The van der Waals surface area contributed by atoms with Crippen molar-refractivity contribution in [3.8, 4) is 11.5 Å².